The molecule has 1 amide bonds. The zero-order valence-electron chi connectivity index (χ0n) is 9.57. The fourth-order valence-corrected chi connectivity index (χ4v) is 2.86. The molecule has 96 valence electrons. The van der Waals surface area contributed by atoms with Gasteiger partial charge in [0.2, 0.25) is 5.91 Å². The smallest absolute Gasteiger partial charge is 0.327 e. The normalized spacial score (nSPS) is 18.9. The van der Waals surface area contributed by atoms with Crippen molar-refractivity contribution in [1.82, 2.24) is 9.88 Å². The van der Waals surface area contributed by atoms with Gasteiger partial charge in [-0.2, -0.15) is 0 Å². The van der Waals surface area contributed by atoms with Crippen LogP contribution in [0.25, 0.3) is 0 Å². The molecule has 1 aliphatic rings. The molecule has 18 heavy (non-hydrogen) atoms. The summed E-state index contributed by atoms with van der Waals surface area (Å²) in [5.74, 6) is -0.315. The number of hydrogen-bond donors (Lipinski definition) is 2. The van der Waals surface area contributed by atoms with E-state index in [9.17, 15) is 9.59 Å². The van der Waals surface area contributed by atoms with Crippen molar-refractivity contribution in [2.75, 3.05) is 17.4 Å². The van der Waals surface area contributed by atoms with Gasteiger partial charge in [-0.05, 0) is 12.1 Å². The Labute approximate surface area is 108 Å². The summed E-state index contributed by atoms with van der Waals surface area (Å²) in [5, 5.41) is 9.00. The summed E-state index contributed by atoms with van der Waals surface area (Å²) >= 11 is 1.44. The molecule has 1 aromatic rings. The number of carbonyl (C=O) groups is 2. The van der Waals surface area contributed by atoms with Crippen LogP contribution in [0.3, 0.4) is 0 Å². The Morgan fingerprint density at radius 3 is 2.94 bits per heavy atom. The summed E-state index contributed by atoms with van der Waals surface area (Å²) in [6, 6.07) is 2.62. The molecule has 1 aliphatic heterocycles. The maximum absolute atomic E-state index is 12.0. The van der Waals surface area contributed by atoms with Crippen LogP contribution in [0.4, 0.5) is 5.69 Å². The Hall–Kier alpha value is -1.76. The number of pyridine rings is 1. The zero-order valence-corrected chi connectivity index (χ0v) is 10.4. The van der Waals surface area contributed by atoms with Crippen molar-refractivity contribution in [3.63, 3.8) is 0 Å². The minimum absolute atomic E-state index is 0.102. The molecule has 3 N–H and O–H groups in total. The first-order chi connectivity index (χ1) is 8.58. The van der Waals surface area contributed by atoms with Crippen LogP contribution in [0.5, 0.6) is 0 Å². The van der Waals surface area contributed by atoms with Gasteiger partial charge in [-0.3, -0.25) is 9.78 Å². The van der Waals surface area contributed by atoms with Crippen molar-refractivity contribution in [1.29, 1.82) is 0 Å². The van der Waals surface area contributed by atoms with Crippen LogP contribution < -0.4 is 5.73 Å². The van der Waals surface area contributed by atoms with E-state index in [4.69, 9.17) is 10.8 Å². The van der Waals surface area contributed by atoms with Crippen molar-refractivity contribution in [2.24, 2.45) is 0 Å². The molecule has 6 nitrogen and oxygen atoms in total. The van der Waals surface area contributed by atoms with E-state index >= 15 is 0 Å². The number of carboxylic acid groups (broad SMARTS) is 1. The largest absolute Gasteiger partial charge is 0.480 e. The van der Waals surface area contributed by atoms with Crippen LogP contribution in [0.1, 0.15) is 5.69 Å². The summed E-state index contributed by atoms with van der Waals surface area (Å²) in [4.78, 5) is 28.4. The maximum atomic E-state index is 12.0. The second-order valence-electron chi connectivity index (χ2n) is 3.98. The van der Waals surface area contributed by atoms with Crippen LogP contribution in [0, 0.1) is 0 Å². The quantitative estimate of drug-likeness (QED) is 0.811. The third-order valence-electron chi connectivity index (χ3n) is 2.67. The van der Waals surface area contributed by atoms with Gasteiger partial charge < -0.3 is 15.7 Å². The van der Waals surface area contributed by atoms with Gasteiger partial charge in [-0.1, -0.05) is 0 Å². The van der Waals surface area contributed by atoms with Crippen molar-refractivity contribution >= 4 is 29.3 Å². The lowest BCUT2D eigenvalue weighted by atomic mass is 10.2. The van der Waals surface area contributed by atoms with Gasteiger partial charge in [0, 0.05) is 11.4 Å². The first-order valence-corrected chi connectivity index (χ1v) is 6.54. The van der Waals surface area contributed by atoms with Gasteiger partial charge in [0.25, 0.3) is 0 Å². The lowest BCUT2D eigenvalue weighted by Crippen LogP contribution is -2.42. The Kier molecular flexibility index (Phi) is 3.71. The number of hydrogen-bond acceptors (Lipinski definition) is 5. The molecular weight excluding hydrogens is 254 g/mol. The first kappa shape index (κ1) is 12.7. The van der Waals surface area contributed by atoms with Crippen LogP contribution in [0.2, 0.25) is 0 Å². The molecule has 1 saturated heterocycles. The van der Waals surface area contributed by atoms with E-state index in [1.54, 1.807) is 12.1 Å². The molecule has 0 aromatic carbocycles. The number of aliphatic carboxylic acids is 1. The van der Waals surface area contributed by atoms with Crippen molar-refractivity contribution < 1.29 is 14.7 Å². The molecule has 2 rings (SSSR count). The molecule has 1 unspecified atom stereocenters. The summed E-state index contributed by atoms with van der Waals surface area (Å²) in [6.45, 7) is 0. The third kappa shape index (κ3) is 2.73. The van der Waals surface area contributed by atoms with Gasteiger partial charge in [0.05, 0.1) is 24.2 Å². The first-order valence-electron chi connectivity index (χ1n) is 5.38. The highest BCUT2D eigenvalue weighted by Gasteiger charge is 2.34. The number of thioether (sulfide) groups is 1. The third-order valence-corrected chi connectivity index (χ3v) is 3.68. The maximum Gasteiger partial charge on any atom is 0.327 e. The molecule has 1 fully saturated rings. The van der Waals surface area contributed by atoms with E-state index in [1.807, 2.05) is 0 Å². The molecule has 0 aliphatic carbocycles. The topological polar surface area (TPSA) is 96.5 Å². The Bertz CT molecular complexity index is 463. The molecule has 7 heteroatoms. The number of nitrogen functional groups attached to an aromatic ring is 1. The Morgan fingerprint density at radius 2 is 2.33 bits per heavy atom. The summed E-state index contributed by atoms with van der Waals surface area (Å²) in [6.07, 6.45) is 1.58. The number of nitrogens with two attached hydrogens (primary N) is 1. The van der Waals surface area contributed by atoms with Gasteiger partial charge >= 0.3 is 5.97 Å². The molecular formula is C11H13N3O3S. The van der Waals surface area contributed by atoms with E-state index < -0.39 is 12.0 Å². The predicted molar refractivity (Wildman–Crippen MR) is 67.9 cm³/mol. The number of amides is 1. The second kappa shape index (κ2) is 5.26. The number of rotatable bonds is 3. The highest BCUT2D eigenvalue weighted by molar-refractivity contribution is 7.99. The number of carbonyl (C=O) groups excluding carboxylic acids is 1. The summed E-state index contributed by atoms with van der Waals surface area (Å²) in [7, 11) is 0. The zero-order chi connectivity index (χ0) is 13.1. The number of nitrogens with zero attached hydrogens (tertiary/aromatic N) is 2. The minimum Gasteiger partial charge on any atom is -0.480 e. The fourth-order valence-electron chi connectivity index (χ4n) is 1.69. The summed E-state index contributed by atoms with van der Waals surface area (Å²) in [5.41, 5.74) is 6.63. The monoisotopic (exact) mass is 267 g/mol. The standard InChI is InChI=1S/C11H13N3O3S/c12-7-1-2-8(13-4-7)3-10(15)14-6-18-5-9(14)11(16)17/h1-2,4,9H,3,5-6,12H2,(H,16,17). The lowest BCUT2D eigenvalue weighted by molar-refractivity contribution is -0.147. The summed E-state index contributed by atoms with van der Waals surface area (Å²) < 4.78 is 0. The average molecular weight is 267 g/mol. The Morgan fingerprint density at radius 1 is 1.56 bits per heavy atom. The molecule has 1 atom stereocenters. The molecule has 1 aromatic heterocycles. The highest BCUT2D eigenvalue weighted by Crippen LogP contribution is 2.21. The van der Waals surface area contributed by atoms with Crippen LogP contribution >= 0.6 is 11.8 Å². The van der Waals surface area contributed by atoms with Gasteiger partial charge in [-0.25, -0.2) is 4.79 Å². The van der Waals surface area contributed by atoms with Crippen LogP contribution in [0.15, 0.2) is 18.3 Å². The molecule has 0 radical (unpaired) electrons. The van der Waals surface area contributed by atoms with Gasteiger partial charge in [-0.15, -0.1) is 11.8 Å². The minimum atomic E-state index is -0.960. The second-order valence-corrected chi connectivity index (χ2v) is 4.98. The number of anilines is 1. The molecule has 0 saturated carbocycles. The fraction of sp³-hybridized carbons (Fsp3) is 0.364. The van der Waals surface area contributed by atoms with Gasteiger partial charge in [0.1, 0.15) is 6.04 Å². The predicted octanol–water partition coefficient (Wildman–Crippen LogP) is 0.192. The number of carboxylic acids is 1. The average Bonchev–Trinajstić information content (AvgIpc) is 2.81. The molecule has 0 bridgehead atoms. The van der Waals surface area contributed by atoms with E-state index in [0.29, 0.717) is 23.0 Å². The Balaban J connectivity index is 2.03. The van der Waals surface area contributed by atoms with Crippen molar-refractivity contribution in [3.8, 4) is 0 Å². The van der Waals surface area contributed by atoms with Crippen LogP contribution in [-0.4, -0.2) is 44.5 Å². The van der Waals surface area contributed by atoms with E-state index in [2.05, 4.69) is 4.98 Å². The highest BCUT2D eigenvalue weighted by atomic mass is 32.2. The van der Waals surface area contributed by atoms with Crippen molar-refractivity contribution in [2.45, 2.75) is 12.5 Å². The molecule has 0 spiro atoms. The van der Waals surface area contributed by atoms with E-state index in [1.165, 1.54) is 22.9 Å². The molecule has 2 heterocycles. The van der Waals surface area contributed by atoms with Gasteiger partial charge in [0.15, 0.2) is 0 Å². The van der Waals surface area contributed by atoms with E-state index in [0.717, 1.165) is 0 Å². The van der Waals surface area contributed by atoms with E-state index in [-0.39, 0.29) is 12.3 Å². The van der Waals surface area contributed by atoms with Crippen LogP contribution in [-0.2, 0) is 16.0 Å². The number of aromatic nitrogens is 1. The SMILES string of the molecule is Nc1ccc(CC(=O)N2CSCC2C(=O)O)nc1. The van der Waals surface area contributed by atoms with Crippen molar-refractivity contribution in [3.05, 3.63) is 24.0 Å². The lowest BCUT2D eigenvalue weighted by Gasteiger charge is -2.20.